The fraction of sp³-hybridized carbons (Fsp3) is 0.400. The van der Waals surface area contributed by atoms with Gasteiger partial charge in [-0.05, 0) is 24.8 Å². The lowest BCUT2D eigenvalue weighted by Gasteiger charge is -2.32. The first-order valence-corrected chi connectivity index (χ1v) is 11.5. The number of fused-ring (bicyclic) bond motifs is 1. The van der Waals surface area contributed by atoms with E-state index in [0.29, 0.717) is 43.8 Å². The molecule has 9 heteroatoms. The molecule has 0 atom stereocenters. The smallest absolute Gasteiger partial charge is 0.252 e. The van der Waals surface area contributed by atoms with Gasteiger partial charge >= 0.3 is 0 Å². The van der Waals surface area contributed by atoms with Crippen LogP contribution >= 0.6 is 0 Å². The molecule has 1 fully saturated rings. The Morgan fingerprint density at radius 2 is 1.86 bits per heavy atom. The second kappa shape index (κ2) is 7.90. The van der Waals surface area contributed by atoms with Crippen molar-refractivity contribution in [1.82, 2.24) is 24.5 Å². The molecule has 0 aliphatic carbocycles. The molecule has 152 valence electrons. The van der Waals surface area contributed by atoms with Crippen molar-refractivity contribution in [3.05, 3.63) is 54.1 Å². The number of carbonyl (C=O) groups is 1. The van der Waals surface area contributed by atoms with Crippen LogP contribution in [-0.4, -0.2) is 58.2 Å². The summed E-state index contributed by atoms with van der Waals surface area (Å²) >= 11 is 0. The summed E-state index contributed by atoms with van der Waals surface area (Å²) in [5, 5.41) is 4.18. The number of likely N-dealkylation sites (tertiary alicyclic amines) is 1. The molecule has 0 saturated carbocycles. The quantitative estimate of drug-likeness (QED) is 0.633. The van der Waals surface area contributed by atoms with E-state index < -0.39 is 9.84 Å². The summed E-state index contributed by atoms with van der Waals surface area (Å²) < 4.78 is 26.1. The first-order valence-electron chi connectivity index (χ1n) is 9.64. The van der Waals surface area contributed by atoms with Crippen molar-refractivity contribution in [1.29, 1.82) is 0 Å². The van der Waals surface area contributed by atoms with Crippen molar-refractivity contribution in [3.63, 3.8) is 0 Å². The van der Waals surface area contributed by atoms with Crippen LogP contribution < -0.4 is 0 Å². The summed E-state index contributed by atoms with van der Waals surface area (Å²) in [4.78, 5) is 22.8. The van der Waals surface area contributed by atoms with Gasteiger partial charge in [0.05, 0.1) is 11.9 Å². The van der Waals surface area contributed by atoms with Crippen molar-refractivity contribution < 1.29 is 13.2 Å². The molecule has 1 aromatic carbocycles. The van der Waals surface area contributed by atoms with Gasteiger partial charge in [-0.15, -0.1) is 0 Å². The third kappa shape index (κ3) is 4.14. The summed E-state index contributed by atoms with van der Waals surface area (Å²) in [6.07, 6.45) is 6.48. The Hall–Kier alpha value is -2.81. The van der Waals surface area contributed by atoms with Crippen molar-refractivity contribution in [2.45, 2.75) is 36.5 Å². The van der Waals surface area contributed by atoms with Gasteiger partial charge in [0.1, 0.15) is 11.2 Å². The van der Waals surface area contributed by atoms with Gasteiger partial charge in [-0.25, -0.2) is 13.4 Å². The molecule has 3 aromatic rings. The first kappa shape index (κ1) is 19.5. The number of sulfone groups is 1. The molecule has 0 radical (unpaired) electrons. The maximum Gasteiger partial charge on any atom is 0.252 e. The first-order chi connectivity index (χ1) is 13.9. The topological polar surface area (TPSA) is 97.5 Å². The standard InChI is InChI=1S/C20H23N5O3S/c1-29(27,28)17-13-21-20-22-14-23-25(20)19(17)16-9-11-24(12-10-16)18(26)8-7-15-5-3-2-4-6-15/h2-6,13-14,16H,7-12H2,1H3. The molecule has 0 unspecified atom stereocenters. The molecular formula is C20H23N5O3S. The van der Waals surface area contributed by atoms with Crippen LogP contribution in [0.3, 0.4) is 0 Å². The Kier molecular flexibility index (Phi) is 5.31. The molecular weight excluding hydrogens is 390 g/mol. The molecule has 0 N–H and O–H groups in total. The predicted molar refractivity (Wildman–Crippen MR) is 107 cm³/mol. The van der Waals surface area contributed by atoms with Gasteiger partial charge in [0.2, 0.25) is 5.91 Å². The molecule has 1 aliphatic heterocycles. The zero-order valence-corrected chi connectivity index (χ0v) is 17.0. The number of benzene rings is 1. The Balaban J connectivity index is 1.47. The lowest BCUT2D eigenvalue weighted by molar-refractivity contribution is -0.132. The molecule has 1 saturated heterocycles. The van der Waals surface area contributed by atoms with E-state index in [2.05, 4.69) is 15.1 Å². The highest BCUT2D eigenvalue weighted by Crippen LogP contribution is 2.32. The van der Waals surface area contributed by atoms with Crippen molar-refractivity contribution in [2.24, 2.45) is 0 Å². The lowest BCUT2D eigenvalue weighted by Crippen LogP contribution is -2.38. The van der Waals surface area contributed by atoms with E-state index in [1.54, 1.807) is 0 Å². The van der Waals surface area contributed by atoms with Gasteiger partial charge in [-0.2, -0.15) is 14.6 Å². The maximum atomic E-state index is 12.6. The number of aromatic nitrogens is 4. The second-order valence-corrected chi connectivity index (χ2v) is 9.38. The number of piperidine rings is 1. The van der Waals surface area contributed by atoms with E-state index in [4.69, 9.17) is 0 Å². The molecule has 4 rings (SSSR count). The Morgan fingerprint density at radius 3 is 2.55 bits per heavy atom. The lowest BCUT2D eigenvalue weighted by atomic mass is 9.93. The van der Waals surface area contributed by atoms with Crippen molar-refractivity contribution in [3.8, 4) is 0 Å². The minimum absolute atomic E-state index is 0.0231. The highest BCUT2D eigenvalue weighted by Gasteiger charge is 2.30. The monoisotopic (exact) mass is 413 g/mol. The normalized spacial score (nSPS) is 15.7. The van der Waals surface area contributed by atoms with Crippen LogP contribution in [0.2, 0.25) is 0 Å². The van der Waals surface area contributed by atoms with Crippen LogP contribution in [0.25, 0.3) is 5.78 Å². The minimum atomic E-state index is -3.45. The second-order valence-electron chi connectivity index (χ2n) is 7.39. The largest absolute Gasteiger partial charge is 0.343 e. The van der Waals surface area contributed by atoms with E-state index >= 15 is 0 Å². The fourth-order valence-electron chi connectivity index (χ4n) is 3.90. The van der Waals surface area contributed by atoms with Crippen molar-refractivity contribution >= 4 is 21.5 Å². The van der Waals surface area contributed by atoms with E-state index in [9.17, 15) is 13.2 Å². The van der Waals surface area contributed by atoms with Crippen LogP contribution in [0.5, 0.6) is 0 Å². The van der Waals surface area contributed by atoms with Gasteiger partial charge in [0, 0.05) is 31.7 Å². The third-order valence-corrected chi connectivity index (χ3v) is 6.53. The van der Waals surface area contributed by atoms with Crippen molar-refractivity contribution in [2.75, 3.05) is 19.3 Å². The van der Waals surface area contributed by atoms with Crippen LogP contribution in [0.15, 0.2) is 47.8 Å². The summed E-state index contributed by atoms with van der Waals surface area (Å²) in [6.45, 7) is 1.19. The number of rotatable bonds is 5. The van der Waals surface area contributed by atoms with Gasteiger partial charge in [0.25, 0.3) is 5.78 Å². The van der Waals surface area contributed by atoms with Gasteiger partial charge in [-0.1, -0.05) is 30.3 Å². The fourth-order valence-corrected chi connectivity index (χ4v) is 4.77. The Labute approximate surface area is 169 Å². The number of nitrogens with zero attached hydrogens (tertiary/aromatic N) is 5. The molecule has 1 aliphatic rings. The van der Waals surface area contributed by atoms with Crippen LogP contribution in [-0.2, 0) is 21.1 Å². The molecule has 2 aromatic heterocycles. The molecule has 1 amide bonds. The summed E-state index contributed by atoms with van der Waals surface area (Å²) in [7, 11) is -3.45. The number of aryl methyl sites for hydroxylation is 1. The SMILES string of the molecule is CS(=O)(=O)c1cnc2ncnn2c1C1CCN(C(=O)CCc2ccccc2)CC1. The number of carbonyl (C=O) groups excluding carboxylic acids is 1. The van der Waals surface area contributed by atoms with Crippen LogP contribution in [0.1, 0.15) is 36.4 Å². The number of amides is 1. The van der Waals surface area contributed by atoms with E-state index in [1.165, 1.54) is 23.3 Å². The summed E-state index contributed by atoms with van der Waals surface area (Å²) in [6, 6.07) is 9.97. The molecule has 29 heavy (non-hydrogen) atoms. The average molecular weight is 414 g/mol. The highest BCUT2D eigenvalue weighted by molar-refractivity contribution is 7.90. The van der Waals surface area contributed by atoms with Crippen LogP contribution in [0, 0.1) is 0 Å². The van der Waals surface area contributed by atoms with E-state index in [-0.39, 0.29) is 16.7 Å². The zero-order chi connectivity index (χ0) is 20.4. The molecule has 3 heterocycles. The Bertz CT molecular complexity index is 1120. The van der Waals surface area contributed by atoms with Gasteiger partial charge in [0.15, 0.2) is 9.84 Å². The molecule has 8 nitrogen and oxygen atoms in total. The average Bonchev–Trinajstić information content (AvgIpc) is 3.20. The number of hydrogen-bond donors (Lipinski definition) is 0. The predicted octanol–water partition coefficient (Wildman–Crippen LogP) is 1.87. The van der Waals surface area contributed by atoms with Crippen LogP contribution in [0.4, 0.5) is 0 Å². The zero-order valence-electron chi connectivity index (χ0n) is 16.2. The maximum absolute atomic E-state index is 12.6. The van der Waals surface area contributed by atoms with Gasteiger partial charge < -0.3 is 4.90 Å². The minimum Gasteiger partial charge on any atom is -0.343 e. The third-order valence-electron chi connectivity index (χ3n) is 5.41. The Morgan fingerprint density at radius 1 is 1.14 bits per heavy atom. The van der Waals surface area contributed by atoms with E-state index in [1.807, 2.05) is 35.2 Å². The highest BCUT2D eigenvalue weighted by atomic mass is 32.2. The summed E-state index contributed by atoms with van der Waals surface area (Å²) in [5.41, 5.74) is 1.77. The molecule has 0 bridgehead atoms. The van der Waals surface area contributed by atoms with Gasteiger partial charge in [-0.3, -0.25) is 4.79 Å². The van der Waals surface area contributed by atoms with E-state index in [0.717, 1.165) is 12.0 Å². The number of hydrogen-bond acceptors (Lipinski definition) is 6. The summed E-state index contributed by atoms with van der Waals surface area (Å²) in [5.74, 6) is 0.495. The molecule has 0 spiro atoms.